The monoisotopic (exact) mass is 342 g/mol. The quantitative estimate of drug-likeness (QED) is 0.868. The molecule has 1 aliphatic rings. The molecule has 0 spiro atoms. The second-order valence-corrected chi connectivity index (χ2v) is 11.6. The van der Waals surface area contributed by atoms with E-state index in [1.54, 1.807) is 0 Å². The average molecular weight is 343 g/mol. The van der Waals surface area contributed by atoms with Crippen molar-refractivity contribution in [3.05, 3.63) is 60.7 Å². The molecule has 128 valence electrons. The molecule has 0 aliphatic carbocycles. The van der Waals surface area contributed by atoms with E-state index in [2.05, 4.69) is 69.3 Å². The van der Waals surface area contributed by atoms with Crippen molar-refractivity contribution in [1.82, 2.24) is 0 Å². The van der Waals surface area contributed by atoms with Crippen LogP contribution in [0.3, 0.4) is 0 Å². The standard InChI is InChI=1S/C20H26O3Si/c1-20(2,3)24(16-10-6-4-7-11-16,17-12-8-5-9-13-17)23-18-14-15-22-19(18)21/h4-13,18-19,21H,14-15H2,1-3H3/t18-,19?/m0/s1. The molecule has 2 aromatic carbocycles. The molecule has 1 unspecified atom stereocenters. The Bertz CT molecular complexity index is 612. The summed E-state index contributed by atoms with van der Waals surface area (Å²) in [5.41, 5.74) is 0. The summed E-state index contributed by atoms with van der Waals surface area (Å²) < 4.78 is 12.2. The first-order chi connectivity index (χ1) is 11.4. The maximum Gasteiger partial charge on any atom is 0.261 e. The molecule has 1 saturated heterocycles. The SMILES string of the molecule is CC(C)(C)[Si](O[C@H]1CCOC1O)(c1ccccc1)c1ccccc1. The van der Waals surface area contributed by atoms with Crippen LogP contribution in [-0.2, 0) is 9.16 Å². The van der Waals surface area contributed by atoms with Gasteiger partial charge in [-0.25, -0.2) is 0 Å². The highest BCUT2D eigenvalue weighted by Gasteiger charge is 2.52. The van der Waals surface area contributed by atoms with E-state index in [-0.39, 0.29) is 11.1 Å². The van der Waals surface area contributed by atoms with Gasteiger partial charge in [-0.3, -0.25) is 0 Å². The topological polar surface area (TPSA) is 38.7 Å². The molecule has 24 heavy (non-hydrogen) atoms. The van der Waals surface area contributed by atoms with Gasteiger partial charge in [0.25, 0.3) is 8.32 Å². The van der Waals surface area contributed by atoms with Crippen molar-refractivity contribution < 1.29 is 14.3 Å². The van der Waals surface area contributed by atoms with Crippen LogP contribution in [0.1, 0.15) is 27.2 Å². The Labute approximate surface area is 145 Å². The van der Waals surface area contributed by atoms with Crippen LogP contribution in [0.15, 0.2) is 60.7 Å². The zero-order valence-electron chi connectivity index (χ0n) is 14.6. The van der Waals surface area contributed by atoms with Crippen LogP contribution in [0.4, 0.5) is 0 Å². The zero-order chi connectivity index (χ0) is 17.2. The van der Waals surface area contributed by atoms with Crippen LogP contribution < -0.4 is 10.4 Å². The van der Waals surface area contributed by atoms with Crippen molar-refractivity contribution in [1.29, 1.82) is 0 Å². The van der Waals surface area contributed by atoms with Gasteiger partial charge in [0.15, 0.2) is 6.29 Å². The molecule has 2 aromatic rings. The third-order valence-electron chi connectivity index (χ3n) is 4.75. The summed E-state index contributed by atoms with van der Waals surface area (Å²) in [6.07, 6.45) is -0.394. The first-order valence-electron chi connectivity index (χ1n) is 8.54. The van der Waals surface area contributed by atoms with Crippen LogP contribution in [0.2, 0.25) is 5.04 Å². The summed E-state index contributed by atoms with van der Waals surface area (Å²) in [4.78, 5) is 0. The molecule has 1 heterocycles. The Hall–Kier alpha value is -1.46. The highest BCUT2D eigenvalue weighted by atomic mass is 28.4. The Morgan fingerprint density at radius 3 is 1.83 bits per heavy atom. The molecule has 3 rings (SSSR count). The minimum Gasteiger partial charge on any atom is -0.399 e. The number of benzene rings is 2. The summed E-state index contributed by atoms with van der Waals surface area (Å²) in [6.45, 7) is 7.26. The Balaban J connectivity index is 2.17. The van der Waals surface area contributed by atoms with E-state index in [1.807, 2.05) is 12.1 Å². The fourth-order valence-electron chi connectivity index (χ4n) is 3.59. The highest BCUT2D eigenvalue weighted by molar-refractivity contribution is 6.99. The van der Waals surface area contributed by atoms with Gasteiger partial charge < -0.3 is 14.3 Å². The first-order valence-corrected chi connectivity index (χ1v) is 10.4. The lowest BCUT2D eigenvalue weighted by Gasteiger charge is -2.44. The zero-order valence-corrected chi connectivity index (χ0v) is 15.6. The maximum atomic E-state index is 10.2. The van der Waals surface area contributed by atoms with Crippen LogP contribution in [-0.4, -0.2) is 32.4 Å². The van der Waals surface area contributed by atoms with Crippen LogP contribution in [0.25, 0.3) is 0 Å². The smallest absolute Gasteiger partial charge is 0.261 e. The molecule has 0 aromatic heterocycles. The summed E-state index contributed by atoms with van der Waals surface area (Å²) in [7, 11) is -2.60. The van der Waals surface area contributed by atoms with Gasteiger partial charge >= 0.3 is 0 Å². The minimum atomic E-state index is -2.60. The van der Waals surface area contributed by atoms with E-state index in [1.165, 1.54) is 10.4 Å². The lowest BCUT2D eigenvalue weighted by atomic mass is 10.2. The molecule has 3 nitrogen and oxygen atoms in total. The molecule has 1 fully saturated rings. The van der Waals surface area contributed by atoms with Crippen LogP contribution >= 0.6 is 0 Å². The molecule has 0 saturated carbocycles. The lowest BCUT2D eigenvalue weighted by molar-refractivity contribution is -0.103. The molecule has 0 amide bonds. The number of hydrogen-bond acceptors (Lipinski definition) is 3. The van der Waals surface area contributed by atoms with Gasteiger partial charge in [-0.05, 0) is 15.4 Å². The molecule has 0 radical (unpaired) electrons. The summed E-state index contributed by atoms with van der Waals surface area (Å²) >= 11 is 0. The second-order valence-electron chi connectivity index (χ2n) is 7.37. The van der Waals surface area contributed by atoms with Gasteiger partial charge in [0.2, 0.25) is 0 Å². The van der Waals surface area contributed by atoms with Crippen molar-refractivity contribution in [3.63, 3.8) is 0 Å². The largest absolute Gasteiger partial charge is 0.399 e. The van der Waals surface area contributed by atoms with E-state index in [0.29, 0.717) is 6.61 Å². The molecular weight excluding hydrogens is 316 g/mol. The number of aliphatic hydroxyl groups excluding tert-OH is 1. The average Bonchev–Trinajstić information content (AvgIpc) is 2.98. The van der Waals surface area contributed by atoms with E-state index >= 15 is 0 Å². The molecule has 0 bridgehead atoms. The van der Waals surface area contributed by atoms with Gasteiger partial charge in [0, 0.05) is 6.42 Å². The highest BCUT2D eigenvalue weighted by Crippen LogP contribution is 2.38. The molecule has 2 atom stereocenters. The number of rotatable bonds is 4. The maximum absolute atomic E-state index is 10.2. The molecule has 1 N–H and O–H groups in total. The van der Waals surface area contributed by atoms with E-state index in [9.17, 15) is 5.11 Å². The molecular formula is C20H26O3Si. The summed E-state index contributed by atoms with van der Waals surface area (Å²) in [5, 5.41) is 12.6. The number of hydrogen-bond donors (Lipinski definition) is 1. The third kappa shape index (κ3) is 3.07. The number of aliphatic hydroxyl groups is 1. The second kappa shape index (κ2) is 6.80. The van der Waals surface area contributed by atoms with E-state index in [0.717, 1.165) is 6.42 Å². The van der Waals surface area contributed by atoms with Crippen molar-refractivity contribution in [3.8, 4) is 0 Å². The van der Waals surface area contributed by atoms with Crippen molar-refractivity contribution in [2.75, 3.05) is 6.61 Å². The normalized spacial score (nSPS) is 21.8. The Kier molecular flexibility index (Phi) is 4.92. The Morgan fingerprint density at radius 1 is 0.958 bits per heavy atom. The lowest BCUT2D eigenvalue weighted by Crippen LogP contribution is -2.68. The van der Waals surface area contributed by atoms with Gasteiger partial charge in [-0.2, -0.15) is 0 Å². The number of ether oxygens (including phenoxy) is 1. The van der Waals surface area contributed by atoms with Gasteiger partial charge in [-0.1, -0.05) is 81.4 Å². The van der Waals surface area contributed by atoms with Crippen molar-refractivity contribution in [2.45, 2.75) is 44.6 Å². The third-order valence-corrected chi connectivity index (χ3v) is 9.82. The first kappa shape index (κ1) is 17.4. The van der Waals surface area contributed by atoms with Crippen molar-refractivity contribution >= 4 is 18.7 Å². The van der Waals surface area contributed by atoms with Gasteiger partial charge in [-0.15, -0.1) is 0 Å². The minimum absolute atomic E-state index is 0.0853. The predicted octanol–water partition coefficient (Wildman–Crippen LogP) is 2.67. The molecule has 1 aliphatic heterocycles. The van der Waals surface area contributed by atoms with Crippen molar-refractivity contribution in [2.24, 2.45) is 0 Å². The van der Waals surface area contributed by atoms with E-state index < -0.39 is 14.6 Å². The fourth-order valence-corrected chi connectivity index (χ4v) is 8.29. The van der Waals surface area contributed by atoms with Crippen LogP contribution in [0, 0.1) is 0 Å². The fraction of sp³-hybridized carbons (Fsp3) is 0.400. The molecule has 4 heteroatoms. The van der Waals surface area contributed by atoms with Gasteiger partial charge in [0.1, 0.15) is 0 Å². The summed E-state index contributed by atoms with van der Waals surface area (Å²) in [6, 6.07) is 21.0. The summed E-state index contributed by atoms with van der Waals surface area (Å²) in [5.74, 6) is 0. The van der Waals surface area contributed by atoms with Crippen LogP contribution in [0.5, 0.6) is 0 Å². The Morgan fingerprint density at radius 2 is 1.46 bits per heavy atom. The van der Waals surface area contributed by atoms with Gasteiger partial charge in [0.05, 0.1) is 12.7 Å². The van der Waals surface area contributed by atoms with E-state index in [4.69, 9.17) is 9.16 Å². The predicted molar refractivity (Wildman–Crippen MR) is 99.1 cm³/mol.